The van der Waals surface area contributed by atoms with Gasteiger partial charge in [0.1, 0.15) is 13.2 Å². The number of quaternary nitrogens is 1. The number of carbonyl (C=O) groups is 3. The molecule has 0 bridgehead atoms. The molecule has 0 rings (SSSR count). The average Bonchev–Trinajstić information content (AvgIpc) is 1.01. The zero-order valence-corrected chi connectivity index (χ0v) is 65.9. The van der Waals surface area contributed by atoms with Crippen LogP contribution in [0.5, 0.6) is 0 Å². The molecule has 0 aliphatic heterocycles. The van der Waals surface area contributed by atoms with Crippen LogP contribution in [-0.2, 0) is 33.3 Å². The highest BCUT2D eigenvalue weighted by Crippen LogP contribution is 2.16. The van der Waals surface area contributed by atoms with Crippen molar-refractivity contribution in [2.45, 2.75) is 296 Å². The minimum Gasteiger partial charge on any atom is -0.477 e. The van der Waals surface area contributed by atoms with Gasteiger partial charge in [0.2, 0.25) is 0 Å². The molecule has 0 aliphatic carbocycles. The average molecular weight is 1420 g/mol. The summed E-state index contributed by atoms with van der Waals surface area (Å²) >= 11 is 0. The summed E-state index contributed by atoms with van der Waals surface area (Å²) in [4.78, 5) is 37.8. The summed E-state index contributed by atoms with van der Waals surface area (Å²) in [6, 6.07) is 0. The molecule has 103 heavy (non-hydrogen) atoms. The lowest BCUT2D eigenvalue weighted by Gasteiger charge is -2.25. The van der Waals surface area contributed by atoms with Gasteiger partial charge in [-0.1, -0.05) is 341 Å². The van der Waals surface area contributed by atoms with Crippen LogP contribution in [0.4, 0.5) is 0 Å². The zero-order valence-electron chi connectivity index (χ0n) is 65.9. The fraction of sp³-hybridized carbons (Fsp3) is 0.564. The standard InChI is InChI=1S/C94H147NO8/c1-6-8-10-12-14-16-18-20-22-24-26-28-30-32-34-36-38-40-42-44-45-46-47-49-51-53-55-57-59-61-63-65-67-69-71-73-75-77-79-81-83-85-92(97)103-90(89-102-94(93(98)99)100-87-86-95(3,4)5)88-101-91(96)84-82-80-78-76-74-72-70-68-66-64-62-60-58-56-54-52-50-48-43-41-39-37-35-33-31-29-27-25-23-21-19-17-15-13-11-9-7-2/h8-11,14-17,20-23,26-29,32-35,38-41,44-45,47-50,53-56,59,61,65,67,90,94H,6-7,12-13,18-19,24-25,30-31,36-37,42-43,46,51-52,57-58,60,62-64,66,68-89H2,1-5H3/p+1/b10-8-,11-9-,16-14-,17-15-,22-20-,23-21-,28-26-,29-27-,34-32-,35-33-,40-38-,41-39-,45-44-,49-47-,50-48-,55-53-,56-54-,61-59-,67-65-. The van der Waals surface area contributed by atoms with Gasteiger partial charge in [0.25, 0.3) is 6.29 Å². The first kappa shape index (κ1) is 96.4. The number of hydrogen-bond donors (Lipinski definition) is 1. The molecule has 0 aliphatic rings. The summed E-state index contributed by atoms with van der Waals surface area (Å²) < 4.78 is 23.0. The third kappa shape index (κ3) is 82.5. The first-order valence-corrected chi connectivity index (χ1v) is 40.5. The molecule has 1 N–H and O–H groups in total. The maximum atomic E-state index is 13.0. The van der Waals surface area contributed by atoms with Gasteiger partial charge in [0, 0.05) is 12.8 Å². The molecule has 9 nitrogen and oxygen atoms in total. The summed E-state index contributed by atoms with van der Waals surface area (Å²) in [5.74, 6) is -2.04. The van der Waals surface area contributed by atoms with Crippen LogP contribution in [0.15, 0.2) is 231 Å². The highest BCUT2D eigenvalue weighted by molar-refractivity contribution is 5.71. The Hall–Kier alpha value is -6.65. The van der Waals surface area contributed by atoms with Crippen molar-refractivity contribution in [3.05, 3.63) is 231 Å². The summed E-state index contributed by atoms with van der Waals surface area (Å²) in [7, 11) is 5.96. The Balaban J connectivity index is 4.17. The smallest absolute Gasteiger partial charge is 0.361 e. The van der Waals surface area contributed by atoms with E-state index in [9.17, 15) is 19.5 Å². The van der Waals surface area contributed by atoms with Gasteiger partial charge in [0.05, 0.1) is 34.4 Å². The molecule has 0 saturated heterocycles. The number of carbonyl (C=O) groups excluding carboxylic acids is 2. The second-order valence-corrected chi connectivity index (χ2v) is 27.3. The Morgan fingerprint density at radius 1 is 0.291 bits per heavy atom. The fourth-order valence-electron chi connectivity index (χ4n) is 10.3. The Bertz CT molecular complexity index is 2560. The summed E-state index contributed by atoms with van der Waals surface area (Å²) in [5, 5.41) is 9.78. The molecule has 0 aromatic carbocycles. The zero-order chi connectivity index (χ0) is 74.6. The maximum Gasteiger partial charge on any atom is 0.361 e. The highest BCUT2D eigenvalue weighted by atomic mass is 16.7. The SMILES string of the molecule is CC/C=C\C/C=C\C/C=C\C/C=C\C/C=C\C/C=C\C/C=C\C/C=C\C/C=C\C/C=C\C/C=C\CCCCCCCCCC(=O)OC(COC(=O)CCCCCCCCCCCCCC/C=C\C/C=C\C/C=C\C/C=C\C/C=C\C/C=C\C/C=C\C/C=C\CC)COC(OCC[N+](C)(C)C)C(=O)O. The van der Waals surface area contributed by atoms with Crippen LogP contribution >= 0.6 is 0 Å². The van der Waals surface area contributed by atoms with E-state index in [1.165, 1.54) is 83.5 Å². The van der Waals surface area contributed by atoms with Crippen molar-refractivity contribution in [2.24, 2.45) is 0 Å². The first-order chi connectivity index (χ1) is 50.6. The van der Waals surface area contributed by atoms with Crippen molar-refractivity contribution < 1.29 is 42.9 Å². The summed E-state index contributed by atoms with van der Waals surface area (Å²) in [6.45, 7) is 4.62. The van der Waals surface area contributed by atoms with Crippen molar-refractivity contribution in [3.8, 4) is 0 Å². The van der Waals surface area contributed by atoms with E-state index in [4.69, 9.17) is 18.9 Å². The van der Waals surface area contributed by atoms with E-state index < -0.39 is 24.3 Å². The van der Waals surface area contributed by atoms with Crippen LogP contribution in [-0.4, -0.2) is 87.4 Å². The number of aliphatic carboxylic acids is 1. The van der Waals surface area contributed by atoms with Crippen LogP contribution in [0, 0.1) is 0 Å². The first-order valence-electron chi connectivity index (χ1n) is 40.5. The molecule has 9 heteroatoms. The molecule has 0 radical (unpaired) electrons. The Kier molecular flexibility index (Phi) is 75.8. The molecule has 0 saturated carbocycles. The molecule has 0 aromatic heterocycles. The largest absolute Gasteiger partial charge is 0.477 e. The van der Waals surface area contributed by atoms with E-state index in [1.807, 2.05) is 21.1 Å². The van der Waals surface area contributed by atoms with Crippen molar-refractivity contribution in [1.82, 2.24) is 0 Å². The molecule has 0 aromatic rings. The predicted molar refractivity (Wildman–Crippen MR) is 446 cm³/mol. The molecule has 0 fully saturated rings. The minimum atomic E-state index is -1.53. The van der Waals surface area contributed by atoms with Gasteiger partial charge in [-0.15, -0.1) is 0 Å². The van der Waals surface area contributed by atoms with Crippen LogP contribution in [0.25, 0.3) is 0 Å². The van der Waals surface area contributed by atoms with Crippen LogP contribution < -0.4 is 0 Å². The van der Waals surface area contributed by atoms with Crippen molar-refractivity contribution >= 4 is 17.9 Å². The van der Waals surface area contributed by atoms with Crippen molar-refractivity contribution in [3.63, 3.8) is 0 Å². The third-order valence-electron chi connectivity index (χ3n) is 16.4. The monoisotopic (exact) mass is 1420 g/mol. The van der Waals surface area contributed by atoms with E-state index in [-0.39, 0.29) is 38.6 Å². The topological polar surface area (TPSA) is 108 Å². The Morgan fingerprint density at radius 2 is 0.524 bits per heavy atom. The number of ether oxygens (including phenoxy) is 4. The Morgan fingerprint density at radius 3 is 0.777 bits per heavy atom. The summed E-state index contributed by atoms with van der Waals surface area (Å²) in [6.07, 6.45) is 126. The lowest BCUT2D eigenvalue weighted by atomic mass is 10.0. The third-order valence-corrected chi connectivity index (χ3v) is 16.4. The molecular formula is C94H148NO8+. The highest BCUT2D eigenvalue weighted by Gasteiger charge is 2.25. The van der Waals surface area contributed by atoms with Gasteiger partial charge >= 0.3 is 17.9 Å². The molecule has 0 heterocycles. The molecule has 576 valence electrons. The number of likely N-dealkylation sites (N-methyl/N-ethyl adjacent to an activating group) is 1. The van der Waals surface area contributed by atoms with E-state index in [0.717, 1.165) is 167 Å². The van der Waals surface area contributed by atoms with E-state index >= 15 is 0 Å². The van der Waals surface area contributed by atoms with Gasteiger partial charge in [-0.05, 0) is 161 Å². The summed E-state index contributed by atoms with van der Waals surface area (Å²) in [5.41, 5.74) is 0. The number of nitrogens with zero attached hydrogens (tertiary/aromatic N) is 1. The van der Waals surface area contributed by atoms with Crippen LogP contribution in [0.2, 0.25) is 0 Å². The second kappa shape index (κ2) is 81.0. The Labute approximate surface area is 631 Å². The predicted octanol–water partition coefficient (Wildman–Crippen LogP) is 26.6. The van der Waals surface area contributed by atoms with E-state index in [0.29, 0.717) is 17.4 Å². The van der Waals surface area contributed by atoms with E-state index in [1.54, 1.807) is 0 Å². The number of unbranched alkanes of at least 4 members (excludes halogenated alkanes) is 19. The van der Waals surface area contributed by atoms with Crippen LogP contribution in [0.1, 0.15) is 284 Å². The maximum absolute atomic E-state index is 13.0. The number of carboxylic acids is 1. The lowest BCUT2D eigenvalue weighted by Crippen LogP contribution is -2.40. The minimum absolute atomic E-state index is 0.174. The number of carboxylic acid groups (broad SMARTS) is 1. The quantitative estimate of drug-likeness (QED) is 0.0211. The molecular weight excluding hydrogens is 1270 g/mol. The van der Waals surface area contributed by atoms with Gasteiger partial charge in [-0.2, -0.15) is 0 Å². The second-order valence-electron chi connectivity index (χ2n) is 27.3. The fourth-order valence-corrected chi connectivity index (χ4v) is 10.3. The molecule has 2 atom stereocenters. The molecule has 0 spiro atoms. The number of allylic oxidation sites excluding steroid dienone is 38. The number of hydrogen-bond acceptors (Lipinski definition) is 7. The number of esters is 2. The van der Waals surface area contributed by atoms with Gasteiger partial charge < -0.3 is 28.5 Å². The van der Waals surface area contributed by atoms with Gasteiger partial charge in [0.15, 0.2) is 6.10 Å². The number of rotatable bonds is 72. The lowest BCUT2D eigenvalue weighted by molar-refractivity contribution is -0.870. The normalized spacial score (nSPS) is 13.9. The van der Waals surface area contributed by atoms with Crippen LogP contribution in [0.3, 0.4) is 0 Å². The molecule has 2 unspecified atom stereocenters. The molecule has 0 amide bonds. The van der Waals surface area contributed by atoms with Gasteiger partial charge in [-0.3, -0.25) is 9.59 Å². The van der Waals surface area contributed by atoms with Gasteiger partial charge in [-0.25, -0.2) is 4.79 Å². The van der Waals surface area contributed by atoms with E-state index in [2.05, 4.69) is 245 Å². The van der Waals surface area contributed by atoms with Crippen molar-refractivity contribution in [1.29, 1.82) is 0 Å². The van der Waals surface area contributed by atoms with Crippen molar-refractivity contribution in [2.75, 3.05) is 47.5 Å².